The maximum atomic E-state index is 13.2. The largest absolute Gasteiger partial charge is 0.497 e. The Morgan fingerprint density at radius 2 is 1.94 bits per heavy atom. The molecule has 0 bridgehead atoms. The van der Waals surface area contributed by atoms with Crippen LogP contribution < -0.4 is 10.1 Å². The number of carbonyl (C=O) groups is 1. The van der Waals surface area contributed by atoms with Crippen LogP contribution in [-0.4, -0.2) is 43.5 Å². The van der Waals surface area contributed by atoms with Crippen molar-refractivity contribution >= 4 is 16.8 Å². The molecular weight excluding hydrogens is 390 g/mol. The Morgan fingerprint density at radius 3 is 2.68 bits per heavy atom. The molecule has 0 radical (unpaired) electrons. The minimum Gasteiger partial charge on any atom is -0.497 e. The van der Waals surface area contributed by atoms with Gasteiger partial charge in [0.05, 0.1) is 30.5 Å². The Kier molecular flexibility index (Phi) is 6.00. The minimum absolute atomic E-state index is 0.00306. The zero-order chi connectivity index (χ0) is 21.8. The summed E-state index contributed by atoms with van der Waals surface area (Å²) in [7, 11) is 5.64. The maximum Gasteiger partial charge on any atom is 0.252 e. The van der Waals surface area contributed by atoms with Gasteiger partial charge < -0.3 is 19.4 Å². The first kappa shape index (κ1) is 20.6. The first-order valence-corrected chi connectivity index (χ1v) is 10.1. The highest BCUT2D eigenvalue weighted by atomic mass is 16.5. The van der Waals surface area contributed by atoms with E-state index in [0.29, 0.717) is 23.6 Å². The second kappa shape index (κ2) is 9.02. The topological polar surface area (TPSA) is 67.6 Å². The lowest BCUT2D eigenvalue weighted by molar-refractivity contribution is 0.0943. The molecule has 0 spiro atoms. The molecular formula is C25H25N3O3. The van der Waals surface area contributed by atoms with Crippen LogP contribution in [0, 0.1) is 0 Å². The molecule has 1 atom stereocenters. The fraction of sp³-hybridized carbons (Fsp3) is 0.200. The van der Waals surface area contributed by atoms with Crippen molar-refractivity contribution in [3.63, 3.8) is 0 Å². The van der Waals surface area contributed by atoms with Gasteiger partial charge in [-0.3, -0.25) is 4.79 Å². The van der Waals surface area contributed by atoms with Crippen LogP contribution in [0.1, 0.15) is 22.0 Å². The molecule has 1 unspecified atom stereocenters. The number of aromatic nitrogens is 1. The Bertz CT molecular complexity index is 1190. The van der Waals surface area contributed by atoms with Crippen molar-refractivity contribution in [1.29, 1.82) is 0 Å². The molecule has 0 aliphatic heterocycles. The van der Waals surface area contributed by atoms with Gasteiger partial charge in [0, 0.05) is 11.9 Å². The fourth-order valence-electron chi connectivity index (χ4n) is 3.65. The summed E-state index contributed by atoms with van der Waals surface area (Å²) in [5.41, 5.74) is 3.02. The van der Waals surface area contributed by atoms with Gasteiger partial charge in [-0.15, -0.1) is 0 Å². The summed E-state index contributed by atoms with van der Waals surface area (Å²) in [4.78, 5) is 20.0. The van der Waals surface area contributed by atoms with Crippen LogP contribution in [0.25, 0.3) is 22.4 Å². The van der Waals surface area contributed by atoms with E-state index in [1.165, 1.54) is 0 Å². The molecule has 4 aromatic rings. The van der Waals surface area contributed by atoms with Crippen molar-refractivity contribution < 1.29 is 13.9 Å². The molecule has 0 aliphatic rings. The summed E-state index contributed by atoms with van der Waals surface area (Å²) in [6.45, 7) is 0.450. The Balaban J connectivity index is 1.63. The van der Waals surface area contributed by atoms with E-state index < -0.39 is 0 Å². The van der Waals surface area contributed by atoms with Crippen LogP contribution in [-0.2, 0) is 0 Å². The predicted molar refractivity (Wildman–Crippen MR) is 121 cm³/mol. The van der Waals surface area contributed by atoms with Crippen LogP contribution in [0.5, 0.6) is 5.75 Å². The van der Waals surface area contributed by atoms with Gasteiger partial charge in [0.1, 0.15) is 11.4 Å². The van der Waals surface area contributed by atoms with E-state index in [-0.39, 0.29) is 11.9 Å². The SMILES string of the molecule is COc1cccc(C(CNC(=O)c2cc(-c3ccco3)nc3ccccc23)N(C)C)c1. The zero-order valence-corrected chi connectivity index (χ0v) is 17.8. The van der Waals surface area contributed by atoms with Gasteiger partial charge in [0.15, 0.2) is 5.76 Å². The zero-order valence-electron chi connectivity index (χ0n) is 17.8. The van der Waals surface area contributed by atoms with Gasteiger partial charge in [-0.2, -0.15) is 0 Å². The smallest absolute Gasteiger partial charge is 0.252 e. The van der Waals surface area contributed by atoms with E-state index in [4.69, 9.17) is 9.15 Å². The molecule has 1 N–H and O–H groups in total. The Hall–Kier alpha value is -3.64. The molecule has 158 valence electrons. The number of hydrogen-bond acceptors (Lipinski definition) is 5. The normalized spacial score (nSPS) is 12.1. The number of fused-ring (bicyclic) bond motifs is 1. The van der Waals surface area contributed by atoms with Crippen LogP contribution in [0.15, 0.2) is 77.4 Å². The first-order valence-electron chi connectivity index (χ1n) is 10.1. The number of para-hydroxylation sites is 1. The standard InChI is InChI=1S/C25H25N3O3/c1-28(2)23(17-8-6-9-18(14-17)30-3)16-26-25(29)20-15-22(24-12-7-13-31-24)27-21-11-5-4-10-19(20)21/h4-15,23H,16H2,1-3H3,(H,26,29). The van der Waals surface area contributed by atoms with Crippen LogP contribution in [0.4, 0.5) is 0 Å². The number of benzene rings is 2. The van der Waals surface area contributed by atoms with Gasteiger partial charge in [-0.1, -0.05) is 30.3 Å². The summed E-state index contributed by atoms with van der Waals surface area (Å²) in [6, 6.07) is 21.0. The number of carbonyl (C=O) groups excluding carboxylic acids is 1. The number of hydrogen-bond donors (Lipinski definition) is 1. The summed E-state index contributed by atoms with van der Waals surface area (Å²) in [5.74, 6) is 1.27. The van der Waals surface area contributed by atoms with Gasteiger partial charge in [0.2, 0.25) is 0 Å². The molecule has 0 saturated heterocycles. The Morgan fingerprint density at radius 1 is 1.10 bits per heavy atom. The molecule has 2 heterocycles. The third-order valence-corrected chi connectivity index (χ3v) is 5.29. The van der Waals surface area contributed by atoms with Crippen LogP contribution in [0.3, 0.4) is 0 Å². The second-order valence-corrected chi connectivity index (χ2v) is 7.52. The Labute approximate surface area is 181 Å². The third-order valence-electron chi connectivity index (χ3n) is 5.29. The van der Waals surface area contributed by atoms with Crippen molar-refractivity contribution in [3.8, 4) is 17.2 Å². The number of nitrogens with zero attached hydrogens (tertiary/aromatic N) is 2. The number of furan rings is 1. The average Bonchev–Trinajstić information content (AvgIpc) is 3.33. The van der Waals surface area contributed by atoms with E-state index in [1.807, 2.05) is 74.8 Å². The number of amides is 1. The number of nitrogens with one attached hydrogen (secondary N) is 1. The monoisotopic (exact) mass is 415 g/mol. The highest BCUT2D eigenvalue weighted by Crippen LogP contribution is 2.26. The highest BCUT2D eigenvalue weighted by Gasteiger charge is 2.19. The van der Waals surface area contributed by atoms with E-state index in [0.717, 1.165) is 22.2 Å². The van der Waals surface area contributed by atoms with Gasteiger partial charge in [-0.25, -0.2) is 4.98 Å². The van der Waals surface area contributed by atoms with Crippen molar-refractivity contribution in [2.24, 2.45) is 0 Å². The van der Waals surface area contributed by atoms with Crippen molar-refractivity contribution in [2.45, 2.75) is 6.04 Å². The maximum absolute atomic E-state index is 13.2. The van der Waals surface area contributed by atoms with Crippen LogP contribution in [0.2, 0.25) is 0 Å². The molecule has 0 fully saturated rings. The molecule has 6 heteroatoms. The van der Waals surface area contributed by atoms with Crippen molar-refractivity contribution in [3.05, 3.63) is 84.1 Å². The lowest BCUT2D eigenvalue weighted by atomic mass is 10.0. The number of likely N-dealkylation sites (N-methyl/N-ethyl adjacent to an activating group) is 1. The lowest BCUT2D eigenvalue weighted by Gasteiger charge is -2.25. The molecule has 2 aromatic heterocycles. The molecule has 0 saturated carbocycles. The molecule has 2 aromatic carbocycles. The predicted octanol–water partition coefficient (Wildman–Crippen LogP) is 4.54. The molecule has 31 heavy (non-hydrogen) atoms. The summed E-state index contributed by atoms with van der Waals surface area (Å²) >= 11 is 0. The number of rotatable bonds is 7. The average molecular weight is 415 g/mol. The lowest BCUT2D eigenvalue weighted by Crippen LogP contribution is -2.34. The van der Waals surface area contributed by atoms with Crippen molar-refractivity contribution in [1.82, 2.24) is 15.2 Å². The number of pyridine rings is 1. The molecule has 1 amide bonds. The van der Waals surface area contributed by atoms with E-state index >= 15 is 0 Å². The summed E-state index contributed by atoms with van der Waals surface area (Å²) < 4.78 is 10.9. The van der Waals surface area contributed by atoms with Crippen molar-refractivity contribution in [2.75, 3.05) is 27.7 Å². The molecule has 4 rings (SSSR count). The van der Waals surface area contributed by atoms with Gasteiger partial charge >= 0.3 is 0 Å². The van der Waals surface area contributed by atoms with Crippen LogP contribution >= 0.6 is 0 Å². The fourth-order valence-corrected chi connectivity index (χ4v) is 3.65. The summed E-state index contributed by atoms with van der Waals surface area (Å²) in [6.07, 6.45) is 1.60. The third kappa shape index (κ3) is 4.44. The number of methoxy groups -OCH3 is 1. The molecule has 6 nitrogen and oxygen atoms in total. The quantitative estimate of drug-likeness (QED) is 0.480. The first-order chi connectivity index (χ1) is 15.1. The highest BCUT2D eigenvalue weighted by molar-refractivity contribution is 6.07. The van der Waals surface area contributed by atoms with E-state index in [2.05, 4.69) is 15.2 Å². The summed E-state index contributed by atoms with van der Waals surface area (Å²) in [5, 5.41) is 3.90. The van der Waals surface area contributed by atoms with E-state index in [9.17, 15) is 4.79 Å². The minimum atomic E-state index is -0.152. The van der Waals surface area contributed by atoms with Gasteiger partial charge in [-0.05, 0) is 56.1 Å². The second-order valence-electron chi connectivity index (χ2n) is 7.52. The van der Waals surface area contributed by atoms with Gasteiger partial charge in [0.25, 0.3) is 5.91 Å². The number of ether oxygens (including phenoxy) is 1. The molecule has 0 aliphatic carbocycles. The van der Waals surface area contributed by atoms with E-state index in [1.54, 1.807) is 19.4 Å².